The average Bonchev–Trinajstić information content (AvgIpc) is 2.45. The highest BCUT2D eigenvalue weighted by Gasteiger charge is 2.18. The van der Waals surface area contributed by atoms with Crippen molar-refractivity contribution in [2.75, 3.05) is 5.32 Å². The van der Waals surface area contributed by atoms with E-state index in [1.165, 1.54) is 17.8 Å². The summed E-state index contributed by atoms with van der Waals surface area (Å²) in [4.78, 5) is 12.8. The lowest BCUT2D eigenvalue weighted by molar-refractivity contribution is -0.115. The zero-order chi connectivity index (χ0) is 15.4. The molecule has 21 heavy (non-hydrogen) atoms. The molecule has 0 aromatic heterocycles. The van der Waals surface area contributed by atoms with Crippen molar-refractivity contribution in [3.05, 3.63) is 59.1 Å². The van der Waals surface area contributed by atoms with Crippen molar-refractivity contribution >= 4 is 35.0 Å². The second-order valence-electron chi connectivity index (χ2n) is 4.30. The van der Waals surface area contributed by atoms with Crippen molar-refractivity contribution in [2.45, 2.75) is 17.1 Å². The van der Waals surface area contributed by atoms with E-state index in [0.717, 1.165) is 17.0 Å². The molecule has 1 N–H and O–H groups in total. The fraction of sp³-hybridized carbons (Fsp3) is 0.133. The highest BCUT2D eigenvalue weighted by atomic mass is 35.5. The predicted molar refractivity (Wildman–Crippen MR) is 81.8 cm³/mol. The van der Waals surface area contributed by atoms with E-state index in [4.69, 9.17) is 11.6 Å². The maximum atomic E-state index is 13.5. The molecule has 2 aromatic carbocycles. The number of benzene rings is 2. The number of halogens is 3. The van der Waals surface area contributed by atoms with E-state index < -0.39 is 28.5 Å². The summed E-state index contributed by atoms with van der Waals surface area (Å²) in [6.45, 7) is 1.66. The minimum absolute atomic E-state index is 0.425. The maximum absolute atomic E-state index is 13.5. The number of para-hydroxylation sites is 1. The van der Waals surface area contributed by atoms with Crippen LogP contribution in [0.15, 0.2) is 47.4 Å². The van der Waals surface area contributed by atoms with Crippen molar-refractivity contribution in [3.8, 4) is 0 Å². The first-order valence-corrected chi connectivity index (χ1v) is 7.40. The van der Waals surface area contributed by atoms with E-state index in [-0.39, 0.29) is 0 Å². The summed E-state index contributed by atoms with van der Waals surface area (Å²) < 4.78 is 26.9. The predicted octanol–water partition coefficient (Wildman–Crippen LogP) is 4.74. The van der Waals surface area contributed by atoms with Crippen molar-refractivity contribution in [2.24, 2.45) is 0 Å². The molecule has 1 atom stereocenters. The summed E-state index contributed by atoms with van der Waals surface area (Å²) in [5, 5.41) is 2.37. The van der Waals surface area contributed by atoms with Crippen LogP contribution in [0.1, 0.15) is 6.92 Å². The Bertz CT molecular complexity index is 628. The SMILES string of the molecule is CC(Sc1ccc(Cl)cc1)C(=O)Nc1c(F)cccc1F. The van der Waals surface area contributed by atoms with Gasteiger partial charge >= 0.3 is 0 Å². The molecule has 0 bridgehead atoms. The van der Waals surface area contributed by atoms with Crippen LogP contribution in [0.5, 0.6) is 0 Å². The summed E-state index contributed by atoms with van der Waals surface area (Å²) in [6, 6.07) is 10.4. The molecule has 0 aliphatic carbocycles. The number of anilines is 1. The highest BCUT2D eigenvalue weighted by molar-refractivity contribution is 8.00. The maximum Gasteiger partial charge on any atom is 0.237 e. The Morgan fingerprint density at radius 2 is 1.71 bits per heavy atom. The van der Waals surface area contributed by atoms with Gasteiger partial charge in [0, 0.05) is 9.92 Å². The normalized spacial score (nSPS) is 12.0. The van der Waals surface area contributed by atoms with E-state index in [9.17, 15) is 13.6 Å². The third-order valence-corrected chi connectivity index (χ3v) is 4.07. The average molecular weight is 328 g/mol. The fourth-order valence-corrected chi connectivity index (χ4v) is 2.61. The molecule has 0 aliphatic heterocycles. The number of hydrogen-bond acceptors (Lipinski definition) is 2. The number of carbonyl (C=O) groups is 1. The summed E-state index contributed by atoms with van der Waals surface area (Å²) in [5.41, 5.74) is -0.425. The van der Waals surface area contributed by atoms with E-state index >= 15 is 0 Å². The molecule has 0 saturated heterocycles. The molecule has 1 unspecified atom stereocenters. The molecule has 1 amide bonds. The minimum Gasteiger partial charge on any atom is -0.320 e. The standard InChI is InChI=1S/C15H12ClF2NOS/c1-9(21-11-7-5-10(16)6-8-11)15(20)19-14-12(17)3-2-4-13(14)18/h2-9H,1H3,(H,19,20). The fourth-order valence-electron chi connectivity index (χ4n) is 1.61. The van der Waals surface area contributed by atoms with Crippen LogP contribution in [0.2, 0.25) is 5.02 Å². The van der Waals surface area contributed by atoms with Crippen molar-refractivity contribution in [3.63, 3.8) is 0 Å². The molecule has 0 radical (unpaired) electrons. The van der Waals surface area contributed by atoms with E-state index in [0.29, 0.717) is 5.02 Å². The largest absolute Gasteiger partial charge is 0.320 e. The lowest BCUT2D eigenvalue weighted by Crippen LogP contribution is -2.23. The Morgan fingerprint density at radius 3 is 2.29 bits per heavy atom. The van der Waals surface area contributed by atoms with Gasteiger partial charge in [0.05, 0.1) is 5.25 Å². The van der Waals surface area contributed by atoms with Gasteiger partial charge in [-0.25, -0.2) is 8.78 Å². The van der Waals surface area contributed by atoms with Crippen LogP contribution in [-0.4, -0.2) is 11.2 Å². The number of nitrogens with one attached hydrogen (secondary N) is 1. The summed E-state index contributed by atoms with van der Waals surface area (Å²) in [6.07, 6.45) is 0. The van der Waals surface area contributed by atoms with Crippen LogP contribution in [0.3, 0.4) is 0 Å². The quantitative estimate of drug-likeness (QED) is 0.822. The number of carbonyl (C=O) groups excluding carboxylic acids is 1. The Morgan fingerprint density at radius 1 is 1.14 bits per heavy atom. The van der Waals surface area contributed by atoms with Gasteiger partial charge in [-0.1, -0.05) is 17.7 Å². The van der Waals surface area contributed by atoms with Crippen LogP contribution in [-0.2, 0) is 4.79 Å². The van der Waals surface area contributed by atoms with E-state index in [2.05, 4.69) is 5.32 Å². The van der Waals surface area contributed by atoms with Gasteiger partial charge in [0.1, 0.15) is 17.3 Å². The Hall–Kier alpha value is -1.59. The first kappa shape index (κ1) is 15.8. The zero-order valence-corrected chi connectivity index (χ0v) is 12.6. The monoisotopic (exact) mass is 327 g/mol. The third kappa shape index (κ3) is 4.19. The molecular formula is C15H12ClF2NOS. The molecular weight excluding hydrogens is 316 g/mol. The first-order chi connectivity index (χ1) is 9.97. The molecule has 110 valence electrons. The molecule has 2 aromatic rings. The molecule has 0 spiro atoms. The van der Waals surface area contributed by atoms with Gasteiger partial charge in [0.15, 0.2) is 0 Å². The Labute approximate surface area is 130 Å². The highest BCUT2D eigenvalue weighted by Crippen LogP contribution is 2.26. The lowest BCUT2D eigenvalue weighted by atomic mass is 10.3. The molecule has 0 heterocycles. The molecule has 2 nitrogen and oxygen atoms in total. The lowest BCUT2D eigenvalue weighted by Gasteiger charge is -2.13. The summed E-state index contributed by atoms with van der Waals surface area (Å²) in [5.74, 6) is -2.07. The number of hydrogen-bond donors (Lipinski definition) is 1. The van der Waals surface area contributed by atoms with Crippen LogP contribution in [0.4, 0.5) is 14.5 Å². The van der Waals surface area contributed by atoms with Gasteiger partial charge < -0.3 is 5.32 Å². The van der Waals surface area contributed by atoms with Gasteiger partial charge in [-0.3, -0.25) is 4.79 Å². The molecule has 2 rings (SSSR count). The van der Waals surface area contributed by atoms with Crippen LogP contribution in [0.25, 0.3) is 0 Å². The first-order valence-electron chi connectivity index (χ1n) is 6.14. The molecule has 0 saturated carbocycles. The van der Waals surface area contributed by atoms with Gasteiger partial charge in [-0.05, 0) is 43.3 Å². The van der Waals surface area contributed by atoms with E-state index in [1.807, 2.05) is 0 Å². The molecule has 0 aliphatic rings. The van der Waals surface area contributed by atoms with Crippen molar-refractivity contribution in [1.29, 1.82) is 0 Å². The number of amides is 1. The second kappa shape index (κ2) is 6.91. The topological polar surface area (TPSA) is 29.1 Å². The minimum atomic E-state index is -0.799. The Balaban J connectivity index is 2.04. The molecule has 0 fully saturated rings. The summed E-state index contributed by atoms with van der Waals surface area (Å²) in [7, 11) is 0. The second-order valence-corrected chi connectivity index (χ2v) is 6.15. The molecule has 6 heteroatoms. The third-order valence-electron chi connectivity index (χ3n) is 2.71. The van der Waals surface area contributed by atoms with Gasteiger partial charge in [-0.15, -0.1) is 11.8 Å². The van der Waals surface area contributed by atoms with E-state index in [1.54, 1.807) is 31.2 Å². The number of rotatable bonds is 4. The van der Waals surface area contributed by atoms with Crippen LogP contribution >= 0.6 is 23.4 Å². The van der Waals surface area contributed by atoms with Gasteiger partial charge in [0.25, 0.3) is 0 Å². The van der Waals surface area contributed by atoms with Gasteiger partial charge in [0.2, 0.25) is 5.91 Å². The van der Waals surface area contributed by atoms with Crippen molar-refractivity contribution in [1.82, 2.24) is 0 Å². The zero-order valence-electron chi connectivity index (χ0n) is 11.1. The smallest absolute Gasteiger partial charge is 0.237 e. The number of thioether (sulfide) groups is 1. The summed E-state index contributed by atoms with van der Waals surface area (Å²) >= 11 is 7.06. The Kier molecular flexibility index (Phi) is 5.20. The van der Waals surface area contributed by atoms with Crippen LogP contribution < -0.4 is 5.32 Å². The van der Waals surface area contributed by atoms with Gasteiger partial charge in [-0.2, -0.15) is 0 Å². The van der Waals surface area contributed by atoms with Crippen molar-refractivity contribution < 1.29 is 13.6 Å². The van der Waals surface area contributed by atoms with Crippen LogP contribution in [0, 0.1) is 11.6 Å².